The molecule has 0 rings (SSSR count). The molecule has 6 nitrogen and oxygen atoms in total. The molecule has 0 atom stereocenters. The summed E-state index contributed by atoms with van der Waals surface area (Å²) >= 11 is 9.91. The van der Waals surface area contributed by atoms with Gasteiger partial charge in [0, 0.05) is 24.8 Å². The van der Waals surface area contributed by atoms with Crippen molar-refractivity contribution in [3.05, 3.63) is 0 Å². The molecule has 0 amide bonds. The van der Waals surface area contributed by atoms with Crippen molar-refractivity contribution in [3.8, 4) is 0 Å². The maximum absolute atomic E-state index is 10.1. The normalized spacial score (nSPS) is 8.12. The van der Waals surface area contributed by atoms with E-state index < -0.39 is 36.3 Å². The van der Waals surface area contributed by atoms with Crippen molar-refractivity contribution < 1.29 is 46.2 Å². The van der Waals surface area contributed by atoms with Gasteiger partial charge < -0.3 is 19.8 Å². The molecule has 0 heterocycles. The van der Waals surface area contributed by atoms with Crippen molar-refractivity contribution in [2.24, 2.45) is 0 Å². The molecule has 17 heavy (non-hydrogen) atoms. The van der Waals surface area contributed by atoms with Gasteiger partial charge in [0.25, 0.3) is 0 Å². The third-order valence-corrected chi connectivity index (χ3v) is 1.58. The molecule has 0 aliphatic heterocycles. The zero-order valence-electron chi connectivity index (χ0n) is 8.37. The van der Waals surface area contributed by atoms with Crippen molar-refractivity contribution in [2.75, 3.05) is 11.8 Å². The van der Waals surface area contributed by atoms with E-state index >= 15 is 0 Å². The zero-order chi connectivity index (χ0) is 13.1. The number of alkyl halides is 2. The van der Waals surface area contributed by atoms with E-state index in [1.54, 1.807) is 0 Å². The van der Waals surface area contributed by atoms with Gasteiger partial charge in [0.15, 0.2) is 11.6 Å². The van der Waals surface area contributed by atoms with Gasteiger partial charge >= 0.3 is 16.8 Å². The Morgan fingerprint density at radius 2 is 1.00 bits per heavy atom. The number of hydrogen-bond donors (Lipinski definition) is 0. The van der Waals surface area contributed by atoms with Crippen molar-refractivity contribution in [2.45, 2.75) is 12.8 Å². The number of carbonyl (C=O) groups excluding carboxylic acids is 4. The molecule has 0 saturated carbocycles. The Kier molecular flexibility index (Phi) is 17.1. The van der Waals surface area contributed by atoms with Crippen LogP contribution in [0.5, 0.6) is 0 Å². The maximum Gasteiger partial charge on any atom is 2.00 e. The molecule has 0 unspecified atom stereocenters. The van der Waals surface area contributed by atoms with Gasteiger partial charge in [-0.1, -0.05) is 0 Å². The SMILES string of the molecule is O=C([O-])CC(=O)CCl.O=C([O-])CC(=O)CCl.[Co+2]. The molecule has 99 valence electrons. The molecule has 0 aliphatic rings. The van der Waals surface area contributed by atoms with Gasteiger partial charge in [0.2, 0.25) is 0 Å². The van der Waals surface area contributed by atoms with Gasteiger partial charge in [-0.05, 0) is 0 Å². The first kappa shape index (κ1) is 21.6. The number of aliphatic carboxylic acids is 2. The van der Waals surface area contributed by atoms with E-state index in [1.807, 2.05) is 0 Å². The summed E-state index contributed by atoms with van der Waals surface area (Å²) in [6.07, 6.45) is -1.16. The summed E-state index contributed by atoms with van der Waals surface area (Å²) in [5.74, 6) is -4.31. The average molecular weight is 330 g/mol. The first-order valence-corrected chi connectivity index (χ1v) is 4.95. The van der Waals surface area contributed by atoms with E-state index in [0.717, 1.165) is 0 Å². The Labute approximate surface area is 117 Å². The van der Waals surface area contributed by atoms with Crippen molar-refractivity contribution >= 4 is 46.7 Å². The first-order chi connectivity index (χ1) is 7.33. The number of carbonyl (C=O) groups is 4. The largest absolute Gasteiger partial charge is 2.00 e. The fourth-order valence-electron chi connectivity index (χ4n) is 0.416. The molecule has 0 spiro atoms. The van der Waals surface area contributed by atoms with Crippen LogP contribution < -0.4 is 10.2 Å². The van der Waals surface area contributed by atoms with E-state index in [1.165, 1.54) is 0 Å². The van der Waals surface area contributed by atoms with Crippen LogP contribution in [-0.2, 0) is 36.0 Å². The molecule has 0 N–H and O–H groups in total. The van der Waals surface area contributed by atoms with Crippen LogP contribution in [0.25, 0.3) is 0 Å². The Balaban J connectivity index is -0.000000218. The molecule has 1 radical (unpaired) electrons. The number of rotatable bonds is 6. The second kappa shape index (κ2) is 13.4. The molecule has 0 bridgehead atoms. The third-order valence-electron chi connectivity index (χ3n) is 0.981. The molecule has 0 fully saturated rings. The van der Waals surface area contributed by atoms with Crippen LogP contribution in [-0.4, -0.2) is 35.3 Å². The second-order valence-corrected chi connectivity index (χ2v) is 2.98. The minimum atomic E-state index is -1.38. The van der Waals surface area contributed by atoms with E-state index in [0.29, 0.717) is 0 Å². The van der Waals surface area contributed by atoms with Crippen molar-refractivity contribution in [1.29, 1.82) is 0 Å². The number of hydrogen-bond acceptors (Lipinski definition) is 6. The molecule has 0 aromatic carbocycles. The molecule has 0 saturated heterocycles. The van der Waals surface area contributed by atoms with Gasteiger partial charge in [-0.3, -0.25) is 9.59 Å². The molecular weight excluding hydrogens is 322 g/mol. The summed E-state index contributed by atoms with van der Waals surface area (Å²) < 4.78 is 0. The summed E-state index contributed by atoms with van der Waals surface area (Å²) in [4.78, 5) is 39.3. The van der Waals surface area contributed by atoms with Crippen molar-refractivity contribution in [3.63, 3.8) is 0 Å². The van der Waals surface area contributed by atoms with Crippen LogP contribution in [0.4, 0.5) is 0 Å². The maximum atomic E-state index is 10.1. The molecule has 9 heteroatoms. The third kappa shape index (κ3) is 21.2. The Bertz CT molecular complexity index is 253. The minimum Gasteiger partial charge on any atom is -0.550 e. The predicted octanol–water partition coefficient (Wildman–Crippen LogP) is -2.13. The van der Waals surface area contributed by atoms with Gasteiger partial charge in [-0.2, -0.15) is 0 Å². The summed E-state index contributed by atoms with van der Waals surface area (Å²) in [7, 11) is 0. The Morgan fingerprint density at radius 1 is 0.765 bits per heavy atom. The Hall–Kier alpha value is -0.634. The van der Waals surface area contributed by atoms with E-state index in [2.05, 4.69) is 0 Å². The smallest absolute Gasteiger partial charge is 0.550 e. The molecule has 0 aliphatic carbocycles. The zero-order valence-corrected chi connectivity index (χ0v) is 10.9. The molecule has 0 aromatic heterocycles. The number of ketones is 2. The second-order valence-electron chi connectivity index (χ2n) is 2.44. The van der Waals surface area contributed by atoms with Gasteiger partial charge in [-0.15, -0.1) is 23.2 Å². The number of carboxylic acids is 2. The predicted molar refractivity (Wildman–Crippen MR) is 50.7 cm³/mol. The fourth-order valence-corrected chi connectivity index (χ4v) is 0.605. The quantitative estimate of drug-likeness (QED) is 0.406. The van der Waals surface area contributed by atoms with Crippen molar-refractivity contribution in [1.82, 2.24) is 0 Å². The number of halogens is 2. The van der Waals surface area contributed by atoms with E-state index in [9.17, 15) is 29.4 Å². The van der Waals surface area contributed by atoms with E-state index in [4.69, 9.17) is 23.2 Å². The van der Waals surface area contributed by atoms with Crippen LogP contribution in [0.2, 0.25) is 0 Å². The van der Waals surface area contributed by atoms with Crippen LogP contribution >= 0.6 is 23.2 Å². The van der Waals surface area contributed by atoms with Crippen LogP contribution in [0.1, 0.15) is 12.8 Å². The summed E-state index contributed by atoms with van der Waals surface area (Å²) in [6, 6.07) is 0. The van der Waals surface area contributed by atoms with Gasteiger partial charge in [-0.25, -0.2) is 0 Å². The standard InChI is InChI=1S/2C4H5ClO3.Co/c2*5-2-3(6)1-4(7)8;/h2*1-2H2,(H,7,8);/q;;+2/p-2. The van der Waals surface area contributed by atoms with Gasteiger partial charge in [0.1, 0.15) is 0 Å². The van der Waals surface area contributed by atoms with Gasteiger partial charge in [0.05, 0.1) is 11.8 Å². The minimum absolute atomic E-state index is 0. The van der Waals surface area contributed by atoms with E-state index in [-0.39, 0.29) is 28.5 Å². The average Bonchev–Trinajstić information content (AvgIpc) is 2.16. The van der Waals surface area contributed by atoms with Crippen LogP contribution in [0, 0.1) is 0 Å². The summed E-state index contributed by atoms with van der Waals surface area (Å²) in [6.45, 7) is 0. The first-order valence-electron chi connectivity index (χ1n) is 3.88. The molecular formula is C8H8Cl2CoO6. The fraction of sp³-hybridized carbons (Fsp3) is 0.500. The summed E-state index contributed by atoms with van der Waals surface area (Å²) in [5, 5.41) is 19.2. The number of carboxylic acid groups (broad SMARTS) is 2. The number of Topliss-reactive ketones (excluding diaryl/α,β-unsaturated/α-hetero) is 2. The summed E-state index contributed by atoms with van der Waals surface area (Å²) in [5.41, 5.74) is 0. The Morgan fingerprint density at radius 3 is 1.06 bits per heavy atom. The van der Waals surface area contributed by atoms with Crippen LogP contribution in [0.15, 0.2) is 0 Å². The monoisotopic (exact) mass is 329 g/mol. The van der Waals surface area contributed by atoms with Crippen LogP contribution in [0.3, 0.4) is 0 Å². The topological polar surface area (TPSA) is 114 Å². The molecule has 0 aromatic rings.